The van der Waals surface area contributed by atoms with Gasteiger partial charge in [0.2, 0.25) is 0 Å². The molecule has 0 saturated heterocycles. The summed E-state index contributed by atoms with van der Waals surface area (Å²) in [4.78, 5) is 2.20. The van der Waals surface area contributed by atoms with Gasteiger partial charge in [-0.05, 0) is 70.8 Å². The van der Waals surface area contributed by atoms with E-state index >= 15 is 0 Å². The number of nitrogens with one attached hydrogen (secondary N) is 1. The molecule has 0 aliphatic rings. The lowest BCUT2D eigenvalue weighted by atomic mass is 9.93. The van der Waals surface area contributed by atoms with E-state index in [9.17, 15) is 0 Å². The van der Waals surface area contributed by atoms with Gasteiger partial charge >= 0.3 is 0 Å². The predicted molar refractivity (Wildman–Crippen MR) is 142 cm³/mol. The third-order valence-corrected chi connectivity index (χ3v) is 5.88. The third kappa shape index (κ3) is 4.65. The minimum Gasteiger partial charge on any atom is -0.356 e. The molecule has 5 rings (SSSR count). The van der Waals surface area contributed by atoms with E-state index < -0.39 is 0 Å². The number of nitrogens with zero attached hydrogens (tertiary/aromatic N) is 1. The topological polar surface area (TPSA) is 15.3 Å². The molecule has 0 aromatic heterocycles. The average Bonchev–Trinajstić information content (AvgIpc) is 2.90. The van der Waals surface area contributed by atoms with Crippen molar-refractivity contribution in [3.8, 4) is 22.3 Å². The third-order valence-electron chi connectivity index (χ3n) is 5.88. The molecule has 0 saturated carbocycles. The summed E-state index contributed by atoms with van der Waals surface area (Å²) in [5.74, 6) is 0. The molecule has 33 heavy (non-hydrogen) atoms. The van der Waals surface area contributed by atoms with Gasteiger partial charge in [0, 0.05) is 29.8 Å². The molecule has 0 aliphatic carbocycles. The molecule has 0 heterocycles. The van der Waals surface area contributed by atoms with Gasteiger partial charge in [-0.3, -0.25) is 0 Å². The first-order valence-corrected chi connectivity index (χ1v) is 11.2. The number of hydrogen-bond donors (Lipinski definition) is 1. The average molecular weight is 427 g/mol. The van der Waals surface area contributed by atoms with E-state index in [0.29, 0.717) is 0 Å². The first-order valence-electron chi connectivity index (χ1n) is 11.2. The van der Waals surface area contributed by atoms with Crippen LogP contribution >= 0.6 is 0 Å². The molecule has 0 bridgehead atoms. The Morgan fingerprint density at radius 3 is 1.67 bits per heavy atom. The Bertz CT molecular complexity index is 1310. The highest BCUT2D eigenvalue weighted by Gasteiger charge is 2.10. The van der Waals surface area contributed by atoms with Crippen LogP contribution < -0.4 is 10.2 Å². The smallest absolute Gasteiger partial charge is 0.0408 e. The fourth-order valence-corrected chi connectivity index (χ4v) is 4.08. The van der Waals surface area contributed by atoms with Gasteiger partial charge in [-0.1, -0.05) is 84.9 Å². The second-order valence-corrected chi connectivity index (χ2v) is 8.06. The molecular formula is C31H26N2. The first-order chi connectivity index (χ1) is 16.3. The van der Waals surface area contributed by atoms with Crippen LogP contribution in [0.3, 0.4) is 0 Å². The Morgan fingerprint density at radius 2 is 1.00 bits per heavy atom. The molecule has 2 heteroatoms. The Hall–Kier alpha value is -4.30. The predicted octanol–water partition coefficient (Wildman–Crippen LogP) is 8.53. The summed E-state index contributed by atoms with van der Waals surface area (Å²) in [5, 5.41) is 3.53. The van der Waals surface area contributed by atoms with Crippen molar-refractivity contribution >= 4 is 22.7 Å². The van der Waals surface area contributed by atoms with E-state index in [1.165, 1.54) is 27.9 Å². The zero-order valence-corrected chi connectivity index (χ0v) is 18.6. The van der Waals surface area contributed by atoms with Crippen LogP contribution in [0.15, 0.2) is 133 Å². The molecule has 0 radical (unpaired) electrons. The molecule has 0 amide bonds. The van der Waals surface area contributed by atoms with Crippen LogP contribution in [0, 0.1) is 0 Å². The van der Waals surface area contributed by atoms with Crippen LogP contribution in [0.1, 0.15) is 0 Å². The monoisotopic (exact) mass is 426 g/mol. The fourth-order valence-electron chi connectivity index (χ4n) is 4.08. The van der Waals surface area contributed by atoms with Gasteiger partial charge in [-0.2, -0.15) is 0 Å². The summed E-state index contributed by atoms with van der Waals surface area (Å²) in [5.41, 5.74) is 9.32. The Balaban J connectivity index is 1.50. The van der Waals surface area contributed by atoms with Crippen LogP contribution in [-0.4, -0.2) is 7.05 Å². The molecule has 0 fully saturated rings. The van der Waals surface area contributed by atoms with Crippen LogP contribution in [-0.2, 0) is 0 Å². The van der Waals surface area contributed by atoms with Gasteiger partial charge in [0.15, 0.2) is 0 Å². The SMILES string of the molecule is CN(c1ccccc1)c1ccc(-c2ccc(Nc3ccccc3)cc2-c2ccccc2)cc1. The molecule has 0 unspecified atom stereocenters. The van der Waals surface area contributed by atoms with E-state index in [-0.39, 0.29) is 0 Å². The molecule has 5 aromatic carbocycles. The summed E-state index contributed by atoms with van der Waals surface area (Å²) >= 11 is 0. The molecule has 1 N–H and O–H groups in total. The van der Waals surface area contributed by atoms with Crippen LogP contribution in [0.4, 0.5) is 22.7 Å². The van der Waals surface area contributed by atoms with Gasteiger partial charge in [-0.25, -0.2) is 0 Å². The number of anilines is 4. The first kappa shape index (κ1) is 20.6. The standard InChI is InChI=1S/C31H26N2/c1-33(28-15-9-4-10-16-28)29-20-17-25(18-21-29)30-22-19-27(32-26-13-7-3-8-14-26)23-31(30)24-11-5-2-6-12-24/h2-23,32H,1H3. The molecule has 5 aromatic rings. The van der Waals surface area contributed by atoms with Gasteiger partial charge in [0.05, 0.1) is 0 Å². The molecule has 0 spiro atoms. The fraction of sp³-hybridized carbons (Fsp3) is 0.0323. The summed E-state index contributed by atoms with van der Waals surface area (Å²) in [6, 6.07) is 46.7. The molecule has 0 aliphatic heterocycles. The van der Waals surface area contributed by atoms with Crippen molar-refractivity contribution in [3.05, 3.63) is 133 Å². The van der Waals surface area contributed by atoms with Crippen molar-refractivity contribution in [3.63, 3.8) is 0 Å². The maximum atomic E-state index is 3.53. The molecule has 160 valence electrons. The van der Waals surface area contributed by atoms with E-state index in [1.807, 2.05) is 24.3 Å². The van der Waals surface area contributed by atoms with E-state index in [1.54, 1.807) is 0 Å². The van der Waals surface area contributed by atoms with Crippen LogP contribution in [0.25, 0.3) is 22.3 Å². The summed E-state index contributed by atoms with van der Waals surface area (Å²) in [7, 11) is 2.10. The molecule has 0 atom stereocenters. The minimum atomic E-state index is 1.07. The van der Waals surface area contributed by atoms with Gasteiger partial charge < -0.3 is 10.2 Å². The highest BCUT2D eigenvalue weighted by Crippen LogP contribution is 2.36. The number of benzene rings is 5. The zero-order chi connectivity index (χ0) is 22.5. The van der Waals surface area contributed by atoms with Crippen LogP contribution in [0.5, 0.6) is 0 Å². The van der Waals surface area contributed by atoms with Crippen molar-refractivity contribution in [1.29, 1.82) is 0 Å². The van der Waals surface area contributed by atoms with Gasteiger partial charge in [0.25, 0.3) is 0 Å². The lowest BCUT2D eigenvalue weighted by Crippen LogP contribution is -2.08. The van der Waals surface area contributed by atoms with Crippen molar-refractivity contribution < 1.29 is 0 Å². The van der Waals surface area contributed by atoms with Gasteiger partial charge in [-0.15, -0.1) is 0 Å². The maximum absolute atomic E-state index is 3.53. The largest absolute Gasteiger partial charge is 0.356 e. The molecular weight excluding hydrogens is 400 g/mol. The zero-order valence-electron chi connectivity index (χ0n) is 18.6. The number of hydrogen-bond acceptors (Lipinski definition) is 2. The minimum absolute atomic E-state index is 1.07. The lowest BCUT2D eigenvalue weighted by Gasteiger charge is -2.20. The lowest BCUT2D eigenvalue weighted by molar-refractivity contribution is 1.21. The molecule has 2 nitrogen and oxygen atoms in total. The number of rotatable bonds is 6. The summed E-state index contributed by atoms with van der Waals surface area (Å²) in [6.45, 7) is 0. The second-order valence-electron chi connectivity index (χ2n) is 8.06. The number of para-hydroxylation sites is 2. The van der Waals surface area contributed by atoms with E-state index in [2.05, 4.69) is 126 Å². The maximum Gasteiger partial charge on any atom is 0.0408 e. The van der Waals surface area contributed by atoms with E-state index in [4.69, 9.17) is 0 Å². The second kappa shape index (κ2) is 9.46. The summed E-state index contributed by atoms with van der Waals surface area (Å²) < 4.78 is 0. The normalized spacial score (nSPS) is 10.6. The highest BCUT2D eigenvalue weighted by atomic mass is 15.1. The van der Waals surface area contributed by atoms with Crippen LogP contribution in [0.2, 0.25) is 0 Å². The van der Waals surface area contributed by atoms with Crippen molar-refractivity contribution in [1.82, 2.24) is 0 Å². The van der Waals surface area contributed by atoms with Gasteiger partial charge in [0.1, 0.15) is 0 Å². The quantitative estimate of drug-likeness (QED) is 0.293. The highest BCUT2D eigenvalue weighted by molar-refractivity contribution is 5.87. The van der Waals surface area contributed by atoms with Crippen molar-refractivity contribution in [2.75, 3.05) is 17.3 Å². The summed E-state index contributed by atoms with van der Waals surface area (Å²) in [6.07, 6.45) is 0. The Morgan fingerprint density at radius 1 is 0.455 bits per heavy atom. The van der Waals surface area contributed by atoms with E-state index in [0.717, 1.165) is 17.1 Å². The Labute approximate surface area is 195 Å². The van der Waals surface area contributed by atoms with Crippen molar-refractivity contribution in [2.24, 2.45) is 0 Å². The Kier molecular flexibility index (Phi) is 5.90. The van der Waals surface area contributed by atoms with Crippen molar-refractivity contribution in [2.45, 2.75) is 0 Å².